The topological polar surface area (TPSA) is 20.3 Å². The summed E-state index contributed by atoms with van der Waals surface area (Å²) in [4.78, 5) is 11.3. The van der Waals surface area contributed by atoms with Crippen molar-refractivity contribution in [2.75, 3.05) is 13.1 Å². The van der Waals surface area contributed by atoms with Crippen LogP contribution < -0.4 is 58.2 Å². The molecule has 9 heavy (non-hydrogen) atoms. The van der Waals surface area contributed by atoms with Crippen molar-refractivity contribution >= 4 is 6.41 Å². The number of carbonyl (C=O) groups excluding carboxylic acids is 1. The van der Waals surface area contributed by atoms with Crippen molar-refractivity contribution in [2.24, 2.45) is 0 Å². The predicted molar refractivity (Wildman–Crippen MR) is 35.3 cm³/mol. The Morgan fingerprint density at radius 2 is 1.67 bits per heavy atom. The molecular formula is C6H14NORb. The fourth-order valence-corrected chi connectivity index (χ4v) is 0.353. The number of nitrogens with zero attached hydrogens (tertiary/aromatic N) is 1. The Balaban J connectivity index is -0.000000180. The van der Waals surface area contributed by atoms with Crippen molar-refractivity contribution in [3.05, 3.63) is 0 Å². The Hall–Kier alpha value is 1.28. The minimum atomic E-state index is 0. The summed E-state index contributed by atoms with van der Waals surface area (Å²) in [6.07, 6.45) is 1.78. The first-order chi connectivity index (χ1) is 3.35. The van der Waals surface area contributed by atoms with Gasteiger partial charge in [-0.2, -0.15) is 6.41 Å². The van der Waals surface area contributed by atoms with Gasteiger partial charge in [0, 0.05) is 0 Å². The molecule has 3 heteroatoms. The molecule has 0 saturated carbocycles. The maximum atomic E-state index is 9.77. The second kappa shape index (κ2) is 12.0. The van der Waals surface area contributed by atoms with Gasteiger partial charge in [-0.3, -0.25) is 0 Å². The fourth-order valence-electron chi connectivity index (χ4n) is 0.353. The van der Waals surface area contributed by atoms with E-state index in [-0.39, 0.29) is 65.6 Å². The standard InChI is InChI=1S/C5H10NO.CH4.Rb/c1-3-6(4-2)5-7;;/h3-4H2,1-2H3;1H4;/q-1;;+1. The van der Waals surface area contributed by atoms with Crippen molar-refractivity contribution in [3.8, 4) is 0 Å². The van der Waals surface area contributed by atoms with Gasteiger partial charge in [0.05, 0.1) is 0 Å². The van der Waals surface area contributed by atoms with E-state index in [0.717, 1.165) is 13.1 Å². The molecule has 0 aromatic carbocycles. The van der Waals surface area contributed by atoms with Crippen LogP contribution in [-0.4, -0.2) is 24.4 Å². The Bertz CT molecular complexity index is 55.0. The van der Waals surface area contributed by atoms with Gasteiger partial charge in [0.2, 0.25) is 0 Å². The second-order valence-corrected chi connectivity index (χ2v) is 1.26. The van der Waals surface area contributed by atoms with Crippen molar-refractivity contribution in [1.82, 2.24) is 4.90 Å². The summed E-state index contributed by atoms with van der Waals surface area (Å²) in [5.74, 6) is 0. The van der Waals surface area contributed by atoms with Gasteiger partial charge in [-0.15, -0.1) is 0 Å². The summed E-state index contributed by atoms with van der Waals surface area (Å²) in [6.45, 7) is 5.38. The molecule has 50 valence electrons. The van der Waals surface area contributed by atoms with Crippen LogP contribution in [0.3, 0.4) is 0 Å². The molecule has 0 aliphatic rings. The molecule has 0 unspecified atom stereocenters. The van der Waals surface area contributed by atoms with Gasteiger partial charge in [0.1, 0.15) is 0 Å². The third-order valence-electron chi connectivity index (χ3n) is 0.893. The minimum Gasteiger partial charge on any atom is -0.520 e. The number of amides is 1. The van der Waals surface area contributed by atoms with Crippen LogP contribution in [-0.2, 0) is 4.79 Å². The summed E-state index contributed by atoms with van der Waals surface area (Å²) < 4.78 is 0. The number of hydrogen-bond acceptors (Lipinski definition) is 1. The molecule has 0 aromatic rings. The molecule has 0 rings (SSSR count). The van der Waals surface area contributed by atoms with E-state index in [1.807, 2.05) is 13.8 Å². The number of rotatable bonds is 3. The molecule has 0 spiro atoms. The SMILES string of the molecule is C.CCN([C-]=O)CC.[Rb+]. The zero-order valence-corrected chi connectivity index (χ0v) is 10.7. The molecule has 0 radical (unpaired) electrons. The molecule has 0 N–H and O–H groups in total. The van der Waals surface area contributed by atoms with E-state index in [4.69, 9.17) is 0 Å². The molecular weight excluding hydrogens is 188 g/mol. The van der Waals surface area contributed by atoms with E-state index in [0.29, 0.717) is 0 Å². The third kappa shape index (κ3) is 9.28. The van der Waals surface area contributed by atoms with Gasteiger partial charge in [0.25, 0.3) is 0 Å². The van der Waals surface area contributed by atoms with E-state index in [9.17, 15) is 4.79 Å². The molecule has 0 atom stereocenters. The number of hydrogen-bond donors (Lipinski definition) is 0. The molecule has 1 amide bonds. The van der Waals surface area contributed by atoms with Crippen LogP contribution >= 0.6 is 0 Å². The van der Waals surface area contributed by atoms with Crippen molar-refractivity contribution in [3.63, 3.8) is 0 Å². The summed E-state index contributed by atoms with van der Waals surface area (Å²) >= 11 is 0. The maximum absolute atomic E-state index is 9.77. The van der Waals surface area contributed by atoms with Gasteiger partial charge >= 0.3 is 58.2 Å². The van der Waals surface area contributed by atoms with E-state index in [1.54, 1.807) is 11.3 Å². The normalized spacial score (nSPS) is 6.44. The Morgan fingerprint density at radius 3 is 1.67 bits per heavy atom. The minimum absolute atomic E-state index is 0. The van der Waals surface area contributed by atoms with Gasteiger partial charge in [-0.05, 0) is 13.1 Å². The molecule has 0 aromatic heterocycles. The molecule has 2 nitrogen and oxygen atoms in total. The van der Waals surface area contributed by atoms with Gasteiger partial charge < -0.3 is 9.69 Å². The van der Waals surface area contributed by atoms with Crippen LogP contribution in [0, 0.1) is 0 Å². The maximum Gasteiger partial charge on any atom is 1.00 e. The zero-order valence-electron chi connectivity index (χ0n) is 5.77. The van der Waals surface area contributed by atoms with Crippen LogP contribution in [0.5, 0.6) is 0 Å². The van der Waals surface area contributed by atoms with Gasteiger partial charge in [-0.1, -0.05) is 21.3 Å². The zero-order chi connectivity index (χ0) is 5.70. The monoisotopic (exact) mass is 201 g/mol. The Labute approximate surface area is 107 Å². The first-order valence-corrected chi connectivity index (χ1v) is 2.47. The van der Waals surface area contributed by atoms with Crippen LogP contribution in [0.4, 0.5) is 0 Å². The largest absolute Gasteiger partial charge is 1.00 e. The molecule has 0 aliphatic carbocycles. The van der Waals surface area contributed by atoms with E-state index in [1.165, 1.54) is 0 Å². The van der Waals surface area contributed by atoms with Crippen molar-refractivity contribution in [2.45, 2.75) is 21.3 Å². The summed E-state index contributed by atoms with van der Waals surface area (Å²) in [5, 5.41) is 0. The molecule has 0 heterocycles. The van der Waals surface area contributed by atoms with Crippen LogP contribution in [0.25, 0.3) is 0 Å². The van der Waals surface area contributed by atoms with Gasteiger partial charge in [-0.25, -0.2) is 0 Å². The third-order valence-corrected chi connectivity index (χ3v) is 0.893. The average Bonchev–Trinajstić information content (AvgIpc) is 1.72. The summed E-state index contributed by atoms with van der Waals surface area (Å²) in [6, 6.07) is 0. The van der Waals surface area contributed by atoms with Crippen LogP contribution in [0.15, 0.2) is 0 Å². The van der Waals surface area contributed by atoms with Crippen LogP contribution in [0.1, 0.15) is 21.3 Å². The molecule has 0 bridgehead atoms. The molecule has 0 aliphatic heterocycles. The van der Waals surface area contributed by atoms with Crippen molar-refractivity contribution in [1.29, 1.82) is 0 Å². The van der Waals surface area contributed by atoms with E-state index in [2.05, 4.69) is 0 Å². The second-order valence-electron chi connectivity index (χ2n) is 1.26. The first-order valence-electron chi connectivity index (χ1n) is 2.47. The van der Waals surface area contributed by atoms with E-state index < -0.39 is 0 Å². The summed E-state index contributed by atoms with van der Waals surface area (Å²) in [7, 11) is 0. The smallest absolute Gasteiger partial charge is 0.520 e. The molecule has 0 saturated heterocycles. The quantitative estimate of drug-likeness (QED) is 0.384. The fraction of sp³-hybridized carbons (Fsp3) is 0.833. The van der Waals surface area contributed by atoms with Gasteiger partial charge in [0.15, 0.2) is 0 Å². The molecule has 0 fully saturated rings. The summed E-state index contributed by atoms with van der Waals surface area (Å²) in [5.41, 5.74) is 0. The predicted octanol–water partition coefficient (Wildman–Crippen LogP) is -1.96. The Kier molecular flexibility index (Phi) is 22.3. The van der Waals surface area contributed by atoms with E-state index >= 15 is 0 Å². The van der Waals surface area contributed by atoms with Crippen LogP contribution in [0.2, 0.25) is 0 Å². The van der Waals surface area contributed by atoms with Crippen molar-refractivity contribution < 1.29 is 63.0 Å². The Morgan fingerprint density at radius 1 is 1.33 bits per heavy atom. The average molecular weight is 202 g/mol. The first kappa shape index (κ1) is 16.7.